The van der Waals surface area contributed by atoms with Crippen LogP contribution in [0.4, 0.5) is 0 Å². The molecule has 5 nitrogen and oxygen atoms in total. The van der Waals surface area contributed by atoms with Gasteiger partial charge in [0.25, 0.3) is 0 Å². The van der Waals surface area contributed by atoms with Crippen LogP contribution in [0.25, 0.3) is 16.7 Å². The molecule has 0 spiro atoms. The normalized spacial score (nSPS) is 19.5. The number of carbonyl (C=O) groups is 2. The lowest BCUT2D eigenvalue weighted by Gasteiger charge is -2.32. The quantitative estimate of drug-likeness (QED) is 0.435. The molecule has 1 aliphatic carbocycles. The number of rotatable bonds is 8. The topological polar surface area (TPSA) is 60.9 Å². The third-order valence-electron chi connectivity index (χ3n) is 8.17. The maximum atomic E-state index is 13.6. The molecule has 1 heterocycles. The highest BCUT2D eigenvalue weighted by Gasteiger charge is 2.25. The molecule has 1 saturated heterocycles. The van der Waals surface area contributed by atoms with Gasteiger partial charge < -0.3 is 14.9 Å². The number of likely N-dealkylation sites (tertiary alicyclic amines) is 1. The minimum Gasteiger partial charge on any atom is -0.478 e. The number of carboxylic acid groups (broad SMARTS) is 1. The first-order chi connectivity index (χ1) is 17.8. The summed E-state index contributed by atoms with van der Waals surface area (Å²) in [6.07, 6.45) is 9.89. The molecule has 5 heteroatoms. The fourth-order valence-electron chi connectivity index (χ4n) is 6.26. The minimum atomic E-state index is -0.946. The van der Waals surface area contributed by atoms with E-state index in [1.54, 1.807) is 0 Å². The van der Waals surface area contributed by atoms with Crippen LogP contribution in [-0.4, -0.2) is 60.5 Å². The summed E-state index contributed by atoms with van der Waals surface area (Å²) < 4.78 is 0. The van der Waals surface area contributed by atoms with E-state index in [2.05, 4.69) is 48.3 Å². The molecule has 4 rings (SSSR count). The molecule has 2 fully saturated rings. The summed E-state index contributed by atoms with van der Waals surface area (Å²) in [5.41, 5.74) is 6.19. The Kier molecular flexibility index (Phi) is 9.20. The summed E-state index contributed by atoms with van der Waals surface area (Å²) in [5.74, 6) is 0.104. The smallest absolute Gasteiger partial charge is 0.328 e. The van der Waals surface area contributed by atoms with Crippen molar-refractivity contribution in [2.45, 2.75) is 64.2 Å². The van der Waals surface area contributed by atoms with Crippen molar-refractivity contribution in [3.05, 3.63) is 65.2 Å². The average Bonchev–Trinajstić information content (AvgIpc) is 2.89. The molecule has 1 saturated carbocycles. The van der Waals surface area contributed by atoms with E-state index < -0.39 is 5.97 Å². The van der Waals surface area contributed by atoms with E-state index in [1.807, 2.05) is 24.9 Å². The van der Waals surface area contributed by atoms with Crippen molar-refractivity contribution in [3.63, 3.8) is 0 Å². The zero-order valence-electron chi connectivity index (χ0n) is 22.7. The van der Waals surface area contributed by atoms with Gasteiger partial charge in [0, 0.05) is 26.2 Å². The molecule has 1 unspecified atom stereocenters. The van der Waals surface area contributed by atoms with Gasteiger partial charge in [0.1, 0.15) is 0 Å². The van der Waals surface area contributed by atoms with Crippen LogP contribution >= 0.6 is 0 Å². The molecule has 198 valence electrons. The number of likely N-dealkylation sites (N-methyl/N-ethyl adjacent to an activating group) is 1. The fraction of sp³-hybridized carbons (Fsp3) is 0.500. The standard InChI is InChI=1S/C32H42N2O3/c1-23(17-31(36)37)27-18-28(20-30(35)34(3)22-24-11-10-16-33(2)21-24)32(26-14-8-5-9-15-26)29(19-27)25-12-6-4-7-13-25/h5,8-9,14-15,17-19,24-25H,4,6-7,10-13,16,20-22H2,1-3H3,(H,36,37). The minimum absolute atomic E-state index is 0.122. The van der Waals surface area contributed by atoms with Gasteiger partial charge in [0.2, 0.25) is 5.91 Å². The van der Waals surface area contributed by atoms with Gasteiger partial charge in [0.05, 0.1) is 6.42 Å². The number of allylic oxidation sites excluding steroid dienone is 1. The Morgan fingerprint density at radius 1 is 1.05 bits per heavy atom. The Bertz CT molecular complexity index is 1120. The molecular formula is C32H42N2O3. The fourth-order valence-corrected chi connectivity index (χ4v) is 6.26. The Hall–Kier alpha value is -2.92. The number of hydrogen-bond acceptors (Lipinski definition) is 3. The Morgan fingerprint density at radius 3 is 2.46 bits per heavy atom. The van der Waals surface area contributed by atoms with Gasteiger partial charge in [-0.1, -0.05) is 61.7 Å². The third-order valence-corrected chi connectivity index (χ3v) is 8.17. The number of aliphatic carboxylic acids is 1. The maximum absolute atomic E-state index is 13.6. The molecule has 2 aromatic carbocycles. The van der Waals surface area contributed by atoms with Crippen LogP contribution in [0.2, 0.25) is 0 Å². The van der Waals surface area contributed by atoms with Crippen LogP contribution < -0.4 is 0 Å². The van der Waals surface area contributed by atoms with Crippen LogP contribution in [-0.2, 0) is 16.0 Å². The number of piperidine rings is 1. The molecule has 1 atom stereocenters. The van der Waals surface area contributed by atoms with Crippen molar-refractivity contribution < 1.29 is 14.7 Å². The number of carboxylic acids is 1. The number of amides is 1. The van der Waals surface area contributed by atoms with Crippen molar-refractivity contribution in [2.75, 3.05) is 33.7 Å². The lowest BCUT2D eigenvalue weighted by atomic mass is 9.77. The molecular weight excluding hydrogens is 460 g/mol. The number of benzene rings is 2. The summed E-state index contributed by atoms with van der Waals surface area (Å²) in [4.78, 5) is 29.3. The molecule has 37 heavy (non-hydrogen) atoms. The van der Waals surface area contributed by atoms with Gasteiger partial charge in [-0.2, -0.15) is 0 Å². The molecule has 0 bridgehead atoms. The van der Waals surface area contributed by atoms with Crippen LogP contribution in [0.1, 0.15) is 74.5 Å². The highest BCUT2D eigenvalue weighted by atomic mass is 16.4. The first-order valence-electron chi connectivity index (χ1n) is 13.9. The summed E-state index contributed by atoms with van der Waals surface area (Å²) in [5, 5.41) is 9.42. The second-order valence-corrected chi connectivity index (χ2v) is 11.2. The predicted octanol–water partition coefficient (Wildman–Crippen LogP) is 6.23. The summed E-state index contributed by atoms with van der Waals surface area (Å²) in [6.45, 7) is 4.80. The summed E-state index contributed by atoms with van der Waals surface area (Å²) in [6, 6.07) is 14.7. The maximum Gasteiger partial charge on any atom is 0.328 e. The zero-order chi connectivity index (χ0) is 26.4. The van der Waals surface area contributed by atoms with Crippen molar-refractivity contribution in [1.82, 2.24) is 9.80 Å². The molecule has 0 radical (unpaired) electrons. The van der Waals surface area contributed by atoms with Crippen molar-refractivity contribution in [3.8, 4) is 11.1 Å². The molecule has 2 aromatic rings. The van der Waals surface area contributed by atoms with Crippen molar-refractivity contribution in [2.24, 2.45) is 5.92 Å². The van der Waals surface area contributed by atoms with Gasteiger partial charge in [-0.05, 0) is 91.4 Å². The van der Waals surface area contributed by atoms with Crippen LogP contribution in [0.5, 0.6) is 0 Å². The SMILES string of the molecule is CC(=CC(=O)O)c1cc(CC(=O)N(C)CC2CCCN(C)C2)c(-c2ccccc2)c(C2CCCCC2)c1. The van der Waals surface area contributed by atoms with Crippen molar-refractivity contribution >= 4 is 17.4 Å². The molecule has 0 aromatic heterocycles. The second-order valence-electron chi connectivity index (χ2n) is 11.2. The highest BCUT2D eigenvalue weighted by molar-refractivity contribution is 5.91. The van der Waals surface area contributed by atoms with E-state index in [0.717, 1.165) is 61.2 Å². The largest absolute Gasteiger partial charge is 0.478 e. The van der Waals surface area contributed by atoms with Gasteiger partial charge in [0.15, 0.2) is 0 Å². The van der Waals surface area contributed by atoms with E-state index in [-0.39, 0.29) is 5.91 Å². The van der Waals surface area contributed by atoms with E-state index in [1.165, 1.54) is 42.9 Å². The molecule has 1 amide bonds. The predicted molar refractivity (Wildman–Crippen MR) is 151 cm³/mol. The summed E-state index contributed by atoms with van der Waals surface area (Å²) >= 11 is 0. The van der Waals surface area contributed by atoms with E-state index in [9.17, 15) is 14.7 Å². The Morgan fingerprint density at radius 2 is 1.78 bits per heavy atom. The summed E-state index contributed by atoms with van der Waals surface area (Å²) in [7, 11) is 4.09. The van der Waals surface area contributed by atoms with E-state index in [0.29, 0.717) is 18.3 Å². The lowest BCUT2D eigenvalue weighted by Crippen LogP contribution is -2.40. The first-order valence-corrected chi connectivity index (χ1v) is 13.9. The van der Waals surface area contributed by atoms with Gasteiger partial charge >= 0.3 is 5.97 Å². The molecule has 2 aliphatic rings. The lowest BCUT2D eigenvalue weighted by molar-refractivity contribution is -0.131. The number of nitrogens with zero attached hydrogens (tertiary/aromatic N) is 2. The van der Waals surface area contributed by atoms with E-state index in [4.69, 9.17) is 0 Å². The van der Waals surface area contributed by atoms with E-state index >= 15 is 0 Å². The first kappa shape index (κ1) is 27.1. The Balaban J connectivity index is 1.73. The molecule has 1 N–H and O–H groups in total. The average molecular weight is 503 g/mol. The van der Waals surface area contributed by atoms with Gasteiger partial charge in [-0.25, -0.2) is 4.79 Å². The highest BCUT2D eigenvalue weighted by Crippen LogP contribution is 2.41. The number of carbonyl (C=O) groups excluding carboxylic acids is 1. The Labute approximate surface area is 222 Å². The van der Waals surface area contributed by atoms with Crippen molar-refractivity contribution in [1.29, 1.82) is 0 Å². The molecule has 1 aliphatic heterocycles. The zero-order valence-corrected chi connectivity index (χ0v) is 22.7. The second kappa shape index (κ2) is 12.6. The monoisotopic (exact) mass is 502 g/mol. The van der Waals surface area contributed by atoms with Crippen LogP contribution in [0.15, 0.2) is 48.5 Å². The van der Waals surface area contributed by atoms with Crippen LogP contribution in [0, 0.1) is 5.92 Å². The van der Waals surface area contributed by atoms with Gasteiger partial charge in [-0.15, -0.1) is 0 Å². The van der Waals surface area contributed by atoms with Gasteiger partial charge in [-0.3, -0.25) is 4.79 Å². The third kappa shape index (κ3) is 7.10. The number of hydrogen-bond donors (Lipinski definition) is 1. The van der Waals surface area contributed by atoms with Crippen LogP contribution in [0.3, 0.4) is 0 Å².